The van der Waals surface area contributed by atoms with Crippen LogP contribution in [0.1, 0.15) is 21.7 Å². The van der Waals surface area contributed by atoms with Crippen LogP contribution in [0.25, 0.3) is 0 Å². The van der Waals surface area contributed by atoms with E-state index in [9.17, 15) is 18.0 Å². The van der Waals surface area contributed by atoms with Crippen molar-refractivity contribution < 1.29 is 22.5 Å². The number of hydrogen-bond acceptors (Lipinski definition) is 5. The molecule has 0 aliphatic heterocycles. The average Bonchev–Trinajstić information content (AvgIpc) is 3.00. The summed E-state index contributed by atoms with van der Waals surface area (Å²) in [6.45, 7) is 1.75. The summed E-state index contributed by atoms with van der Waals surface area (Å²) in [6.07, 6.45) is -3.08. The Balaban J connectivity index is 1.64. The van der Waals surface area contributed by atoms with E-state index in [0.29, 0.717) is 17.4 Å². The van der Waals surface area contributed by atoms with E-state index in [0.717, 1.165) is 12.1 Å². The van der Waals surface area contributed by atoms with Gasteiger partial charge in [0.05, 0.1) is 11.1 Å². The Morgan fingerprint density at radius 1 is 1.08 bits per heavy atom. The number of amides is 1. The van der Waals surface area contributed by atoms with Gasteiger partial charge in [-0.05, 0) is 43.3 Å². The van der Waals surface area contributed by atoms with Gasteiger partial charge in [0, 0.05) is 18.0 Å². The smallest absolute Gasteiger partial charge is 0.360 e. The molecule has 0 spiro atoms. The molecule has 3 rings (SSSR count). The van der Waals surface area contributed by atoms with E-state index in [1.165, 1.54) is 24.4 Å². The molecule has 9 heteroatoms. The van der Waals surface area contributed by atoms with Crippen molar-refractivity contribution >= 4 is 23.2 Å². The maximum absolute atomic E-state index is 12.5. The molecule has 0 aliphatic carbocycles. The van der Waals surface area contributed by atoms with Gasteiger partial charge in [0.25, 0.3) is 5.91 Å². The lowest BCUT2D eigenvalue weighted by Gasteiger charge is -2.09. The number of halogens is 3. The molecular formula is C17H13F3N4O2. The van der Waals surface area contributed by atoms with Gasteiger partial charge < -0.3 is 15.2 Å². The minimum absolute atomic E-state index is 0.253. The minimum atomic E-state index is -4.42. The summed E-state index contributed by atoms with van der Waals surface area (Å²) in [6, 6.07) is 8.98. The summed E-state index contributed by atoms with van der Waals surface area (Å²) in [5, 5.41) is 9.19. The molecule has 0 saturated carbocycles. The van der Waals surface area contributed by atoms with E-state index in [2.05, 4.69) is 20.8 Å². The van der Waals surface area contributed by atoms with Crippen molar-refractivity contribution in [1.82, 2.24) is 10.1 Å². The first kappa shape index (κ1) is 17.5. The van der Waals surface area contributed by atoms with Crippen molar-refractivity contribution in [3.05, 3.63) is 65.5 Å². The van der Waals surface area contributed by atoms with Gasteiger partial charge >= 0.3 is 6.18 Å². The zero-order chi connectivity index (χ0) is 18.7. The van der Waals surface area contributed by atoms with Crippen molar-refractivity contribution in [2.45, 2.75) is 13.1 Å². The Hall–Kier alpha value is -3.36. The zero-order valence-electron chi connectivity index (χ0n) is 13.5. The highest BCUT2D eigenvalue weighted by Crippen LogP contribution is 2.29. The molecule has 3 aromatic rings. The number of nitrogens with one attached hydrogen (secondary N) is 2. The second-order valence-corrected chi connectivity index (χ2v) is 5.41. The number of pyridine rings is 1. The van der Waals surface area contributed by atoms with Gasteiger partial charge in [0.2, 0.25) is 0 Å². The molecule has 0 unspecified atom stereocenters. The van der Waals surface area contributed by atoms with Crippen LogP contribution in [-0.4, -0.2) is 16.0 Å². The first-order valence-corrected chi connectivity index (χ1v) is 7.46. The number of alkyl halides is 3. The summed E-state index contributed by atoms with van der Waals surface area (Å²) in [7, 11) is 0. The fourth-order valence-electron chi connectivity index (χ4n) is 2.10. The summed E-state index contributed by atoms with van der Waals surface area (Å²) >= 11 is 0. The highest BCUT2D eigenvalue weighted by atomic mass is 19.4. The number of carbonyl (C=O) groups excluding carboxylic acids is 1. The third kappa shape index (κ3) is 4.18. The summed E-state index contributed by atoms with van der Waals surface area (Å²) in [5.74, 6) is 1.10. The number of benzene rings is 1. The monoisotopic (exact) mass is 362 g/mol. The maximum atomic E-state index is 12.5. The third-order valence-corrected chi connectivity index (χ3v) is 3.38. The van der Waals surface area contributed by atoms with E-state index < -0.39 is 17.6 Å². The van der Waals surface area contributed by atoms with Gasteiger partial charge in [-0.1, -0.05) is 5.16 Å². The first-order chi connectivity index (χ1) is 12.3. The van der Waals surface area contributed by atoms with Gasteiger partial charge in [0.15, 0.2) is 5.82 Å². The molecule has 26 heavy (non-hydrogen) atoms. The van der Waals surface area contributed by atoms with Crippen molar-refractivity contribution in [2.24, 2.45) is 0 Å². The summed E-state index contributed by atoms with van der Waals surface area (Å²) < 4.78 is 42.5. The number of hydrogen-bond donors (Lipinski definition) is 2. The fourth-order valence-corrected chi connectivity index (χ4v) is 2.10. The van der Waals surface area contributed by atoms with Gasteiger partial charge in [-0.15, -0.1) is 0 Å². The number of aryl methyl sites for hydroxylation is 1. The van der Waals surface area contributed by atoms with Crippen molar-refractivity contribution in [2.75, 3.05) is 10.6 Å². The number of carbonyl (C=O) groups is 1. The standard InChI is InChI=1S/C17H13F3N4O2/c1-10-8-15(24-26-10)23-14-7-2-11(9-21-14)16(25)22-13-5-3-12(4-6-13)17(18,19)20/h2-9H,1H3,(H,22,25)(H,21,23,24). The van der Waals surface area contributed by atoms with E-state index >= 15 is 0 Å². The number of rotatable bonds is 4. The Labute approximate surface area is 146 Å². The topological polar surface area (TPSA) is 80.0 Å². The summed E-state index contributed by atoms with van der Waals surface area (Å²) in [4.78, 5) is 16.2. The van der Waals surface area contributed by atoms with Crippen LogP contribution in [0.3, 0.4) is 0 Å². The average molecular weight is 362 g/mol. The molecule has 0 fully saturated rings. The molecule has 0 aliphatic rings. The molecule has 2 N–H and O–H groups in total. The highest BCUT2D eigenvalue weighted by molar-refractivity contribution is 6.04. The molecule has 0 bridgehead atoms. The Bertz CT molecular complexity index is 903. The van der Waals surface area contributed by atoms with Crippen LogP contribution in [0.4, 0.5) is 30.5 Å². The second kappa shape index (κ2) is 6.87. The number of anilines is 3. The predicted molar refractivity (Wildman–Crippen MR) is 88.2 cm³/mol. The van der Waals surface area contributed by atoms with E-state index in [4.69, 9.17) is 4.52 Å². The minimum Gasteiger partial charge on any atom is -0.360 e. The zero-order valence-corrected chi connectivity index (χ0v) is 13.5. The van der Waals surface area contributed by atoms with Crippen LogP contribution in [0, 0.1) is 6.92 Å². The first-order valence-electron chi connectivity index (χ1n) is 7.46. The Kier molecular flexibility index (Phi) is 4.61. The lowest BCUT2D eigenvalue weighted by Crippen LogP contribution is -2.13. The third-order valence-electron chi connectivity index (χ3n) is 3.38. The highest BCUT2D eigenvalue weighted by Gasteiger charge is 2.30. The summed E-state index contributed by atoms with van der Waals surface area (Å²) in [5.41, 5.74) is -0.272. The predicted octanol–water partition coefficient (Wildman–Crippen LogP) is 4.39. The normalized spacial score (nSPS) is 11.2. The Morgan fingerprint density at radius 3 is 2.35 bits per heavy atom. The van der Waals surface area contributed by atoms with E-state index in [1.54, 1.807) is 19.1 Å². The van der Waals surface area contributed by atoms with Crippen molar-refractivity contribution in [1.29, 1.82) is 0 Å². The molecule has 134 valence electrons. The molecule has 0 atom stereocenters. The quantitative estimate of drug-likeness (QED) is 0.719. The second-order valence-electron chi connectivity index (χ2n) is 5.41. The van der Waals surface area contributed by atoms with Crippen LogP contribution in [0.5, 0.6) is 0 Å². The molecule has 1 amide bonds. The van der Waals surface area contributed by atoms with E-state index in [1.807, 2.05) is 0 Å². The van der Waals surface area contributed by atoms with Gasteiger partial charge in [-0.2, -0.15) is 13.2 Å². The van der Waals surface area contributed by atoms with Crippen molar-refractivity contribution in [3.8, 4) is 0 Å². The molecule has 0 radical (unpaired) electrons. The SMILES string of the molecule is Cc1cc(Nc2ccc(C(=O)Nc3ccc(C(F)(F)F)cc3)cn2)no1. The molecule has 2 aromatic heterocycles. The maximum Gasteiger partial charge on any atom is 0.416 e. The van der Waals surface area contributed by atoms with Gasteiger partial charge in [-0.3, -0.25) is 4.79 Å². The van der Waals surface area contributed by atoms with Crippen LogP contribution in [0.15, 0.2) is 53.2 Å². The molecule has 0 saturated heterocycles. The molecule has 2 heterocycles. The lowest BCUT2D eigenvalue weighted by atomic mass is 10.2. The molecule has 1 aromatic carbocycles. The van der Waals surface area contributed by atoms with Crippen LogP contribution < -0.4 is 10.6 Å². The van der Waals surface area contributed by atoms with Crippen LogP contribution in [0.2, 0.25) is 0 Å². The fraction of sp³-hybridized carbons (Fsp3) is 0.118. The number of nitrogens with zero attached hydrogens (tertiary/aromatic N) is 2. The van der Waals surface area contributed by atoms with Crippen LogP contribution in [-0.2, 0) is 6.18 Å². The largest absolute Gasteiger partial charge is 0.416 e. The van der Waals surface area contributed by atoms with Crippen LogP contribution >= 0.6 is 0 Å². The van der Waals surface area contributed by atoms with Gasteiger partial charge in [-0.25, -0.2) is 4.98 Å². The Morgan fingerprint density at radius 2 is 1.81 bits per heavy atom. The lowest BCUT2D eigenvalue weighted by molar-refractivity contribution is -0.137. The molecular weight excluding hydrogens is 349 g/mol. The molecule has 6 nitrogen and oxygen atoms in total. The van der Waals surface area contributed by atoms with E-state index in [-0.39, 0.29) is 11.3 Å². The number of aromatic nitrogens is 2. The van der Waals surface area contributed by atoms with Gasteiger partial charge in [0.1, 0.15) is 11.6 Å². The van der Waals surface area contributed by atoms with Crippen molar-refractivity contribution in [3.63, 3.8) is 0 Å².